The molecule has 1 heterocycles. The number of hydrogen-bond acceptors (Lipinski definition) is 5. The van der Waals surface area contributed by atoms with Gasteiger partial charge < -0.3 is 10.6 Å². The molecule has 0 fully saturated rings. The van der Waals surface area contributed by atoms with Gasteiger partial charge in [0.15, 0.2) is 5.78 Å². The van der Waals surface area contributed by atoms with E-state index in [0.29, 0.717) is 16.9 Å². The topological polar surface area (TPSA) is 110 Å². The SMILES string of the molecule is CC(=O)Nc1cc(-c2ccccc2)nn(CC(=O)Nc2ccc(C(C)=O)cc2)c1=O. The van der Waals surface area contributed by atoms with Crippen molar-refractivity contribution in [3.8, 4) is 11.3 Å². The third-order valence-electron chi connectivity index (χ3n) is 4.22. The van der Waals surface area contributed by atoms with Crippen molar-refractivity contribution in [2.24, 2.45) is 0 Å². The van der Waals surface area contributed by atoms with E-state index >= 15 is 0 Å². The van der Waals surface area contributed by atoms with E-state index in [-0.39, 0.29) is 18.0 Å². The Kier molecular flexibility index (Phi) is 6.17. The van der Waals surface area contributed by atoms with Crippen molar-refractivity contribution in [3.63, 3.8) is 0 Å². The van der Waals surface area contributed by atoms with Crippen LogP contribution in [0.25, 0.3) is 11.3 Å². The first kappa shape index (κ1) is 20.7. The van der Waals surface area contributed by atoms with Crippen LogP contribution in [0.4, 0.5) is 11.4 Å². The molecule has 3 aromatic rings. The summed E-state index contributed by atoms with van der Waals surface area (Å²) >= 11 is 0. The highest BCUT2D eigenvalue weighted by Crippen LogP contribution is 2.18. The van der Waals surface area contributed by atoms with E-state index in [1.165, 1.54) is 19.9 Å². The molecule has 30 heavy (non-hydrogen) atoms. The number of nitrogens with one attached hydrogen (secondary N) is 2. The second kappa shape index (κ2) is 8.95. The van der Waals surface area contributed by atoms with Crippen molar-refractivity contribution in [2.75, 3.05) is 10.6 Å². The maximum atomic E-state index is 12.7. The highest BCUT2D eigenvalue weighted by molar-refractivity contribution is 5.95. The minimum Gasteiger partial charge on any atom is -0.324 e. The highest BCUT2D eigenvalue weighted by Gasteiger charge is 2.14. The van der Waals surface area contributed by atoms with Gasteiger partial charge in [-0.05, 0) is 37.3 Å². The van der Waals surface area contributed by atoms with Gasteiger partial charge in [-0.1, -0.05) is 30.3 Å². The van der Waals surface area contributed by atoms with Crippen LogP contribution in [0.15, 0.2) is 65.5 Å². The van der Waals surface area contributed by atoms with Crippen molar-refractivity contribution >= 4 is 29.0 Å². The van der Waals surface area contributed by atoms with Gasteiger partial charge in [0.25, 0.3) is 5.56 Å². The zero-order valence-corrected chi connectivity index (χ0v) is 16.5. The minimum atomic E-state index is -0.591. The lowest BCUT2D eigenvalue weighted by Crippen LogP contribution is -2.32. The summed E-state index contributed by atoms with van der Waals surface area (Å²) in [7, 11) is 0. The summed E-state index contributed by atoms with van der Waals surface area (Å²) in [6.07, 6.45) is 0. The van der Waals surface area contributed by atoms with Gasteiger partial charge in [0.1, 0.15) is 12.2 Å². The molecular formula is C22H20N4O4. The Hall–Kier alpha value is -4.07. The number of rotatable bonds is 6. The fourth-order valence-electron chi connectivity index (χ4n) is 2.80. The fourth-order valence-corrected chi connectivity index (χ4v) is 2.80. The van der Waals surface area contributed by atoms with E-state index in [4.69, 9.17) is 0 Å². The average molecular weight is 404 g/mol. The van der Waals surface area contributed by atoms with E-state index in [1.807, 2.05) is 30.3 Å². The Morgan fingerprint density at radius 1 is 0.933 bits per heavy atom. The number of carbonyl (C=O) groups is 3. The molecule has 3 rings (SSSR count). The van der Waals surface area contributed by atoms with Crippen LogP contribution in [0.3, 0.4) is 0 Å². The number of hydrogen-bond donors (Lipinski definition) is 2. The maximum Gasteiger partial charge on any atom is 0.291 e. The number of anilines is 2. The van der Waals surface area contributed by atoms with E-state index in [9.17, 15) is 19.2 Å². The number of benzene rings is 2. The summed E-state index contributed by atoms with van der Waals surface area (Å²) in [5.74, 6) is -0.954. The van der Waals surface area contributed by atoms with Gasteiger partial charge in [0.05, 0.1) is 5.69 Å². The molecule has 0 spiro atoms. The van der Waals surface area contributed by atoms with Gasteiger partial charge in [0, 0.05) is 23.7 Å². The van der Waals surface area contributed by atoms with E-state index in [0.717, 1.165) is 10.2 Å². The van der Waals surface area contributed by atoms with E-state index in [1.54, 1.807) is 24.3 Å². The molecule has 8 nitrogen and oxygen atoms in total. The second-order valence-corrected chi connectivity index (χ2v) is 6.63. The first-order valence-electron chi connectivity index (χ1n) is 9.19. The number of amides is 2. The van der Waals surface area contributed by atoms with Crippen LogP contribution in [0, 0.1) is 0 Å². The van der Waals surface area contributed by atoms with Crippen molar-refractivity contribution < 1.29 is 14.4 Å². The van der Waals surface area contributed by atoms with Gasteiger partial charge in [-0.25, -0.2) is 4.68 Å². The lowest BCUT2D eigenvalue weighted by atomic mass is 10.1. The van der Waals surface area contributed by atoms with Crippen molar-refractivity contribution in [3.05, 3.63) is 76.6 Å². The lowest BCUT2D eigenvalue weighted by Gasteiger charge is -2.11. The molecule has 0 aliphatic heterocycles. The smallest absolute Gasteiger partial charge is 0.291 e. The average Bonchev–Trinajstić information content (AvgIpc) is 2.71. The monoisotopic (exact) mass is 404 g/mol. The third kappa shape index (κ3) is 5.05. The second-order valence-electron chi connectivity index (χ2n) is 6.63. The minimum absolute atomic E-state index is 0.0370. The Morgan fingerprint density at radius 3 is 2.20 bits per heavy atom. The molecular weight excluding hydrogens is 384 g/mol. The summed E-state index contributed by atoms with van der Waals surface area (Å²) in [6, 6.07) is 17.0. The number of Topliss-reactive ketones (excluding diaryl/α,β-unsaturated/α-hetero) is 1. The van der Waals surface area contributed by atoms with Gasteiger partial charge in [-0.2, -0.15) is 5.10 Å². The first-order chi connectivity index (χ1) is 14.3. The maximum absolute atomic E-state index is 12.7. The summed E-state index contributed by atoms with van der Waals surface area (Å²) in [6.45, 7) is 2.41. The molecule has 2 aromatic carbocycles. The van der Waals surface area contributed by atoms with Gasteiger partial charge in [-0.15, -0.1) is 0 Å². The van der Waals surface area contributed by atoms with Crippen LogP contribution >= 0.6 is 0 Å². The molecule has 0 unspecified atom stereocenters. The lowest BCUT2D eigenvalue weighted by molar-refractivity contribution is -0.117. The van der Waals surface area contributed by atoms with Crippen LogP contribution < -0.4 is 16.2 Å². The molecule has 0 radical (unpaired) electrons. The van der Waals surface area contributed by atoms with Crippen LogP contribution in [-0.4, -0.2) is 27.4 Å². The van der Waals surface area contributed by atoms with Crippen molar-refractivity contribution in [1.29, 1.82) is 0 Å². The number of carbonyl (C=O) groups excluding carboxylic acids is 3. The molecule has 2 N–H and O–H groups in total. The quantitative estimate of drug-likeness (QED) is 0.614. The van der Waals surface area contributed by atoms with E-state index < -0.39 is 17.4 Å². The summed E-state index contributed by atoms with van der Waals surface area (Å²) < 4.78 is 1.01. The molecule has 0 aliphatic carbocycles. The van der Waals surface area contributed by atoms with Gasteiger partial charge in [0.2, 0.25) is 11.8 Å². The third-order valence-corrected chi connectivity index (χ3v) is 4.22. The molecule has 0 aliphatic rings. The van der Waals surface area contributed by atoms with Crippen LogP contribution in [0.2, 0.25) is 0 Å². The molecule has 0 saturated carbocycles. The predicted molar refractivity (Wildman–Crippen MR) is 113 cm³/mol. The molecule has 0 atom stereocenters. The Morgan fingerprint density at radius 2 is 1.60 bits per heavy atom. The predicted octanol–water partition coefficient (Wildman–Crippen LogP) is 2.71. The zero-order chi connectivity index (χ0) is 21.7. The molecule has 0 saturated heterocycles. The largest absolute Gasteiger partial charge is 0.324 e. The molecule has 1 aromatic heterocycles. The fraction of sp³-hybridized carbons (Fsp3) is 0.136. The van der Waals surface area contributed by atoms with Crippen LogP contribution in [0.5, 0.6) is 0 Å². The van der Waals surface area contributed by atoms with Gasteiger partial charge in [-0.3, -0.25) is 19.2 Å². The zero-order valence-electron chi connectivity index (χ0n) is 16.5. The molecule has 152 valence electrons. The van der Waals surface area contributed by atoms with Crippen molar-refractivity contribution in [1.82, 2.24) is 9.78 Å². The highest BCUT2D eigenvalue weighted by atomic mass is 16.2. The standard InChI is InChI=1S/C22H20N4O4/c1-14(27)16-8-10-18(11-9-16)24-21(29)13-26-22(30)20(23-15(2)28)12-19(25-26)17-6-4-3-5-7-17/h3-12H,13H2,1-2H3,(H,23,28)(H,24,29). The molecule has 0 bridgehead atoms. The number of ketones is 1. The number of nitrogens with zero attached hydrogens (tertiary/aromatic N) is 2. The summed E-state index contributed by atoms with van der Waals surface area (Å²) in [5, 5.41) is 9.43. The summed E-state index contributed by atoms with van der Waals surface area (Å²) in [4.78, 5) is 48.0. The van der Waals surface area contributed by atoms with E-state index in [2.05, 4.69) is 15.7 Å². The van der Waals surface area contributed by atoms with Crippen LogP contribution in [0.1, 0.15) is 24.2 Å². The normalized spacial score (nSPS) is 10.3. The Bertz CT molecular complexity index is 1150. The Balaban J connectivity index is 1.88. The molecule has 8 heteroatoms. The number of aromatic nitrogens is 2. The summed E-state index contributed by atoms with van der Waals surface area (Å²) in [5.41, 5.74) is 1.64. The molecule has 2 amide bonds. The van der Waals surface area contributed by atoms with Gasteiger partial charge >= 0.3 is 0 Å². The van der Waals surface area contributed by atoms with Crippen molar-refractivity contribution in [2.45, 2.75) is 20.4 Å². The van der Waals surface area contributed by atoms with Crippen LogP contribution in [-0.2, 0) is 16.1 Å². The Labute approximate surface area is 172 Å². The first-order valence-corrected chi connectivity index (χ1v) is 9.19.